The molecule has 0 heterocycles. The van der Waals surface area contributed by atoms with Crippen LogP contribution in [0, 0.1) is 11.3 Å². The Labute approximate surface area is 107 Å². The molecule has 0 bridgehead atoms. The van der Waals surface area contributed by atoms with Crippen LogP contribution in [0.1, 0.15) is 32.3 Å². The molecule has 0 saturated carbocycles. The van der Waals surface area contributed by atoms with E-state index in [4.69, 9.17) is 16.9 Å². The highest BCUT2D eigenvalue weighted by Gasteiger charge is 2.16. The molecule has 0 amide bonds. The van der Waals surface area contributed by atoms with Gasteiger partial charge in [-0.1, -0.05) is 18.5 Å². The molecule has 0 radical (unpaired) electrons. The normalized spacial score (nSPS) is 13.8. The topological polar surface area (TPSA) is 56.0 Å². The predicted octanol–water partition coefficient (Wildman–Crippen LogP) is 3.17. The molecule has 17 heavy (non-hydrogen) atoms. The largest absolute Gasteiger partial charge is 0.390 e. The van der Waals surface area contributed by atoms with Crippen LogP contribution in [0.5, 0.6) is 0 Å². The van der Waals surface area contributed by atoms with E-state index < -0.39 is 5.60 Å². The van der Waals surface area contributed by atoms with E-state index in [2.05, 4.69) is 5.32 Å². The van der Waals surface area contributed by atoms with Crippen LogP contribution in [0.15, 0.2) is 18.2 Å². The summed E-state index contributed by atoms with van der Waals surface area (Å²) in [5, 5.41) is 22.2. The molecule has 1 aromatic rings. The highest BCUT2D eigenvalue weighted by Crippen LogP contribution is 2.21. The van der Waals surface area contributed by atoms with Gasteiger partial charge in [-0.25, -0.2) is 0 Å². The lowest BCUT2D eigenvalue weighted by molar-refractivity contribution is 0.0506. The summed E-state index contributed by atoms with van der Waals surface area (Å²) in [7, 11) is 0. The van der Waals surface area contributed by atoms with E-state index in [0.717, 1.165) is 12.1 Å². The van der Waals surface area contributed by atoms with E-state index in [0.29, 0.717) is 23.6 Å². The minimum absolute atomic E-state index is 0.444. The molecule has 0 aliphatic rings. The fourth-order valence-corrected chi connectivity index (χ4v) is 1.59. The first-order valence-electron chi connectivity index (χ1n) is 5.64. The van der Waals surface area contributed by atoms with Gasteiger partial charge in [0.25, 0.3) is 0 Å². The molecule has 0 saturated heterocycles. The lowest BCUT2D eigenvalue weighted by Crippen LogP contribution is -2.26. The number of nitrogens with zero attached hydrogens (tertiary/aromatic N) is 1. The van der Waals surface area contributed by atoms with Gasteiger partial charge in [0.15, 0.2) is 0 Å². The van der Waals surface area contributed by atoms with Gasteiger partial charge in [-0.3, -0.25) is 0 Å². The number of hydrogen-bond donors (Lipinski definition) is 2. The third kappa shape index (κ3) is 4.26. The Morgan fingerprint density at radius 3 is 2.76 bits per heavy atom. The summed E-state index contributed by atoms with van der Waals surface area (Å²) in [6.45, 7) is 4.45. The van der Waals surface area contributed by atoms with Gasteiger partial charge in [0, 0.05) is 12.2 Å². The van der Waals surface area contributed by atoms with Crippen molar-refractivity contribution >= 4 is 17.3 Å². The Morgan fingerprint density at radius 1 is 1.53 bits per heavy atom. The minimum Gasteiger partial charge on any atom is -0.390 e. The Bertz CT molecular complexity index is 424. The van der Waals surface area contributed by atoms with Gasteiger partial charge in [0.1, 0.15) is 6.07 Å². The maximum absolute atomic E-state index is 9.83. The molecule has 0 fully saturated rings. The molecule has 0 aliphatic heterocycles. The number of rotatable bonds is 5. The van der Waals surface area contributed by atoms with Crippen LogP contribution in [-0.2, 0) is 0 Å². The van der Waals surface area contributed by atoms with Gasteiger partial charge in [0.05, 0.1) is 16.2 Å². The molecular formula is C13H17ClN2O. The highest BCUT2D eigenvalue weighted by molar-refractivity contribution is 6.32. The van der Waals surface area contributed by atoms with E-state index in [1.165, 1.54) is 0 Å². The minimum atomic E-state index is -0.636. The van der Waals surface area contributed by atoms with Crippen LogP contribution in [0.2, 0.25) is 5.02 Å². The van der Waals surface area contributed by atoms with Crippen molar-refractivity contribution in [3.63, 3.8) is 0 Å². The Balaban J connectivity index is 2.54. The summed E-state index contributed by atoms with van der Waals surface area (Å²) in [6.07, 6.45) is 1.39. The zero-order valence-electron chi connectivity index (χ0n) is 10.1. The lowest BCUT2D eigenvalue weighted by atomic mass is 9.99. The first-order chi connectivity index (χ1) is 7.98. The van der Waals surface area contributed by atoms with Crippen molar-refractivity contribution in [2.24, 2.45) is 0 Å². The molecule has 0 spiro atoms. The number of hydrogen-bond acceptors (Lipinski definition) is 3. The van der Waals surface area contributed by atoms with Crippen LogP contribution < -0.4 is 5.32 Å². The number of aliphatic hydroxyl groups is 1. The zero-order valence-corrected chi connectivity index (χ0v) is 10.9. The Hall–Kier alpha value is -1.24. The molecular weight excluding hydrogens is 236 g/mol. The van der Waals surface area contributed by atoms with Crippen molar-refractivity contribution < 1.29 is 5.11 Å². The Morgan fingerprint density at radius 2 is 2.24 bits per heavy atom. The van der Waals surface area contributed by atoms with E-state index in [9.17, 15) is 5.11 Å². The summed E-state index contributed by atoms with van der Waals surface area (Å²) in [4.78, 5) is 0. The van der Waals surface area contributed by atoms with Gasteiger partial charge in [0.2, 0.25) is 0 Å². The highest BCUT2D eigenvalue weighted by atomic mass is 35.5. The van der Waals surface area contributed by atoms with Gasteiger partial charge >= 0.3 is 0 Å². The summed E-state index contributed by atoms with van der Waals surface area (Å²) in [5.74, 6) is 0. The fourth-order valence-electron chi connectivity index (χ4n) is 1.37. The standard InChI is InChI=1S/C13H17ClN2O/c1-3-13(2,17)6-7-16-11-5-4-10(9-15)12(14)8-11/h4-5,8,16-17H,3,6-7H2,1-2H3/t13-/m1/s1. The van der Waals surface area contributed by atoms with E-state index in [-0.39, 0.29) is 0 Å². The van der Waals surface area contributed by atoms with E-state index in [1.54, 1.807) is 12.1 Å². The molecule has 1 atom stereocenters. The maximum atomic E-state index is 9.83. The summed E-state index contributed by atoms with van der Waals surface area (Å²) in [5.41, 5.74) is 0.697. The third-order valence-electron chi connectivity index (χ3n) is 2.84. The van der Waals surface area contributed by atoms with Crippen molar-refractivity contribution in [3.05, 3.63) is 28.8 Å². The summed E-state index contributed by atoms with van der Waals surface area (Å²) >= 11 is 5.91. The second-order valence-corrected chi connectivity index (χ2v) is 4.74. The second-order valence-electron chi connectivity index (χ2n) is 4.33. The first-order valence-corrected chi connectivity index (χ1v) is 6.02. The fraction of sp³-hybridized carbons (Fsp3) is 0.462. The van der Waals surface area contributed by atoms with Crippen molar-refractivity contribution in [1.82, 2.24) is 0 Å². The maximum Gasteiger partial charge on any atom is 0.101 e. The third-order valence-corrected chi connectivity index (χ3v) is 3.16. The number of nitrogens with one attached hydrogen (secondary N) is 1. The summed E-state index contributed by atoms with van der Waals surface area (Å²) in [6, 6.07) is 7.23. The molecule has 1 aromatic carbocycles. The van der Waals surface area contributed by atoms with E-state index >= 15 is 0 Å². The summed E-state index contributed by atoms with van der Waals surface area (Å²) < 4.78 is 0. The molecule has 0 unspecified atom stereocenters. The van der Waals surface area contributed by atoms with Crippen LogP contribution >= 0.6 is 11.6 Å². The first kappa shape index (κ1) is 13.8. The van der Waals surface area contributed by atoms with Crippen LogP contribution in [0.4, 0.5) is 5.69 Å². The number of halogens is 1. The quantitative estimate of drug-likeness (QED) is 0.846. The van der Waals surface area contributed by atoms with Crippen LogP contribution in [-0.4, -0.2) is 17.3 Å². The lowest BCUT2D eigenvalue weighted by Gasteiger charge is -2.21. The van der Waals surface area contributed by atoms with Gasteiger partial charge in [-0.2, -0.15) is 5.26 Å². The average Bonchev–Trinajstić information content (AvgIpc) is 2.29. The van der Waals surface area contributed by atoms with E-state index in [1.807, 2.05) is 26.0 Å². The molecule has 3 nitrogen and oxygen atoms in total. The second kappa shape index (κ2) is 5.90. The molecule has 4 heteroatoms. The van der Waals surface area contributed by atoms with Gasteiger partial charge in [-0.15, -0.1) is 0 Å². The molecule has 92 valence electrons. The zero-order chi connectivity index (χ0) is 12.9. The molecule has 2 N–H and O–H groups in total. The van der Waals surface area contributed by atoms with Crippen molar-refractivity contribution in [2.45, 2.75) is 32.3 Å². The number of nitriles is 1. The monoisotopic (exact) mass is 252 g/mol. The SMILES string of the molecule is CC[C@@](C)(O)CCNc1ccc(C#N)c(Cl)c1. The Kier molecular flexibility index (Phi) is 4.80. The molecule has 1 rings (SSSR count). The molecule has 0 aromatic heterocycles. The van der Waals surface area contributed by atoms with Gasteiger partial charge in [-0.05, 0) is 38.0 Å². The van der Waals surface area contributed by atoms with Crippen molar-refractivity contribution in [1.29, 1.82) is 5.26 Å². The van der Waals surface area contributed by atoms with Crippen molar-refractivity contribution in [3.8, 4) is 6.07 Å². The molecule has 0 aliphatic carbocycles. The van der Waals surface area contributed by atoms with Crippen molar-refractivity contribution in [2.75, 3.05) is 11.9 Å². The predicted molar refractivity (Wildman–Crippen MR) is 70.2 cm³/mol. The van der Waals surface area contributed by atoms with Crippen LogP contribution in [0.3, 0.4) is 0 Å². The van der Waals surface area contributed by atoms with Crippen LogP contribution in [0.25, 0.3) is 0 Å². The van der Waals surface area contributed by atoms with Gasteiger partial charge < -0.3 is 10.4 Å². The average molecular weight is 253 g/mol. The number of benzene rings is 1. The smallest absolute Gasteiger partial charge is 0.101 e. The number of anilines is 1.